The molecule has 0 atom stereocenters. The topological polar surface area (TPSA) is 41.3 Å². The molecule has 0 aliphatic rings. The van der Waals surface area contributed by atoms with Crippen molar-refractivity contribution in [3.8, 4) is 0 Å². The second-order valence-electron chi connectivity index (χ2n) is 5.27. The molecular weight excluding hydrogens is 226 g/mol. The zero-order valence-corrected chi connectivity index (χ0v) is 12.2. The number of hydrogen-bond acceptors (Lipinski definition) is 4. The summed E-state index contributed by atoms with van der Waals surface area (Å²) >= 11 is 0. The maximum Gasteiger partial charge on any atom is 0.151 e. The van der Waals surface area contributed by atoms with Crippen LogP contribution in [-0.2, 0) is 13.1 Å². The molecule has 4 nitrogen and oxygen atoms in total. The molecule has 1 N–H and O–H groups in total. The highest BCUT2D eigenvalue weighted by Crippen LogP contribution is 2.07. The average molecular weight is 253 g/mol. The van der Waals surface area contributed by atoms with Crippen LogP contribution in [0.4, 0.5) is 0 Å². The Hall–Kier alpha value is -0.870. The zero-order valence-electron chi connectivity index (χ0n) is 12.2. The second-order valence-corrected chi connectivity index (χ2v) is 5.27. The summed E-state index contributed by atoms with van der Waals surface area (Å²) in [6.45, 7) is 9.22. The molecule has 1 heterocycles. The van der Waals surface area contributed by atoms with E-state index in [4.69, 9.17) is 4.52 Å². The molecule has 0 spiro atoms. The third-order valence-electron chi connectivity index (χ3n) is 2.87. The molecule has 0 unspecified atom stereocenters. The number of nitrogens with one attached hydrogen (secondary N) is 1. The van der Waals surface area contributed by atoms with Gasteiger partial charge in [-0.25, -0.2) is 0 Å². The Kier molecular flexibility index (Phi) is 6.98. The van der Waals surface area contributed by atoms with Gasteiger partial charge in [0, 0.05) is 18.7 Å². The molecule has 0 radical (unpaired) electrons. The largest absolute Gasteiger partial charge is 0.360 e. The van der Waals surface area contributed by atoms with Crippen LogP contribution in [0.2, 0.25) is 0 Å². The standard InChI is InChI=1S/C14H27N3O/c1-5-6-7-8-17(4)11-14-9-13(16-18-14)10-15-12(2)3/h9,12,15H,5-8,10-11H2,1-4H3. The van der Waals surface area contributed by atoms with Crippen molar-refractivity contribution >= 4 is 0 Å². The third kappa shape index (κ3) is 6.17. The highest BCUT2D eigenvalue weighted by Gasteiger charge is 2.07. The van der Waals surface area contributed by atoms with Crippen molar-refractivity contribution in [2.24, 2.45) is 0 Å². The maximum atomic E-state index is 5.34. The fourth-order valence-corrected chi connectivity index (χ4v) is 1.80. The molecule has 1 aromatic heterocycles. The molecule has 4 heteroatoms. The summed E-state index contributed by atoms with van der Waals surface area (Å²) in [7, 11) is 2.13. The fourth-order valence-electron chi connectivity index (χ4n) is 1.80. The van der Waals surface area contributed by atoms with Gasteiger partial charge in [0.2, 0.25) is 0 Å². The van der Waals surface area contributed by atoms with Gasteiger partial charge in [0.1, 0.15) is 0 Å². The first-order chi connectivity index (χ1) is 8.61. The molecule has 0 aliphatic heterocycles. The normalized spacial score (nSPS) is 11.7. The Morgan fingerprint density at radius 3 is 2.83 bits per heavy atom. The van der Waals surface area contributed by atoms with Crippen LogP contribution >= 0.6 is 0 Å². The predicted molar refractivity (Wildman–Crippen MR) is 74.3 cm³/mol. The monoisotopic (exact) mass is 253 g/mol. The summed E-state index contributed by atoms with van der Waals surface area (Å²) in [5, 5.41) is 7.41. The molecule has 0 fully saturated rings. The van der Waals surface area contributed by atoms with Gasteiger partial charge in [-0.05, 0) is 20.0 Å². The van der Waals surface area contributed by atoms with E-state index in [0.717, 1.165) is 31.1 Å². The molecule has 0 aromatic carbocycles. The average Bonchev–Trinajstić information content (AvgIpc) is 2.74. The highest BCUT2D eigenvalue weighted by molar-refractivity contribution is 5.05. The van der Waals surface area contributed by atoms with Gasteiger partial charge in [-0.2, -0.15) is 0 Å². The van der Waals surface area contributed by atoms with Crippen LogP contribution in [-0.4, -0.2) is 29.7 Å². The van der Waals surface area contributed by atoms with E-state index in [0.29, 0.717) is 6.04 Å². The molecule has 0 saturated heterocycles. The van der Waals surface area contributed by atoms with E-state index in [1.807, 2.05) is 6.07 Å². The molecule has 0 aliphatic carbocycles. The lowest BCUT2D eigenvalue weighted by Crippen LogP contribution is -2.22. The van der Waals surface area contributed by atoms with Crippen molar-refractivity contribution in [1.29, 1.82) is 0 Å². The molecule has 1 rings (SSSR count). The summed E-state index contributed by atoms with van der Waals surface area (Å²) in [6.07, 6.45) is 3.81. The molecule has 18 heavy (non-hydrogen) atoms. The molecule has 0 amide bonds. The van der Waals surface area contributed by atoms with E-state index < -0.39 is 0 Å². The zero-order chi connectivity index (χ0) is 13.4. The number of hydrogen-bond donors (Lipinski definition) is 1. The maximum absolute atomic E-state index is 5.34. The van der Waals surface area contributed by atoms with Gasteiger partial charge >= 0.3 is 0 Å². The number of nitrogens with zero attached hydrogens (tertiary/aromatic N) is 2. The van der Waals surface area contributed by atoms with Crippen LogP contribution in [0.1, 0.15) is 51.5 Å². The molecule has 0 saturated carbocycles. The first-order valence-electron chi connectivity index (χ1n) is 6.98. The minimum atomic E-state index is 0.474. The molecule has 104 valence electrons. The van der Waals surface area contributed by atoms with E-state index in [9.17, 15) is 0 Å². The Labute approximate surface area is 111 Å². The van der Waals surface area contributed by atoms with Crippen molar-refractivity contribution in [1.82, 2.24) is 15.4 Å². The van der Waals surface area contributed by atoms with Gasteiger partial charge in [-0.3, -0.25) is 4.90 Å². The smallest absolute Gasteiger partial charge is 0.151 e. The fraction of sp³-hybridized carbons (Fsp3) is 0.786. The number of rotatable bonds is 9. The van der Waals surface area contributed by atoms with E-state index >= 15 is 0 Å². The first kappa shape index (κ1) is 15.2. The van der Waals surface area contributed by atoms with Crippen molar-refractivity contribution in [3.63, 3.8) is 0 Å². The van der Waals surface area contributed by atoms with Crippen LogP contribution in [0, 0.1) is 0 Å². The lowest BCUT2D eigenvalue weighted by Gasteiger charge is -2.13. The Bertz CT molecular complexity index is 323. The van der Waals surface area contributed by atoms with E-state index in [1.165, 1.54) is 19.3 Å². The van der Waals surface area contributed by atoms with Gasteiger partial charge in [0.05, 0.1) is 12.2 Å². The van der Waals surface area contributed by atoms with Crippen LogP contribution in [0.25, 0.3) is 0 Å². The van der Waals surface area contributed by atoms with E-state index in [1.54, 1.807) is 0 Å². The molecule has 1 aromatic rings. The Morgan fingerprint density at radius 2 is 2.17 bits per heavy atom. The molecule has 0 bridgehead atoms. The third-order valence-corrected chi connectivity index (χ3v) is 2.87. The Balaban J connectivity index is 2.29. The van der Waals surface area contributed by atoms with Gasteiger partial charge in [0.15, 0.2) is 5.76 Å². The van der Waals surface area contributed by atoms with E-state index in [-0.39, 0.29) is 0 Å². The first-order valence-corrected chi connectivity index (χ1v) is 6.98. The quantitative estimate of drug-likeness (QED) is 0.687. The summed E-state index contributed by atoms with van der Waals surface area (Å²) in [5.41, 5.74) is 0.987. The van der Waals surface area contributed by atoms with Gasteiger partial charge in [0.25, 0.3) is 0 Å². The van der Waals surface area contributed by atoms with E-state index in [2.05, 4.69) is 43.2 Å². The number of aromatic nitrogens is 1. The minimum absolute atomic E-state index is 0.474. The van der Waals surface area contributed by atoms with Gasteiger partial charge in [-0.15, -0.1) is 0 Å². The van der Waals surface area contributed by atoms with Gasteiger partial charge in [-0.1, -0.05) is 38.8 Å². The van der Waals surface area contributed by atoms with Gasteiger partial charge < -0.3 is 9.84 Å². The minimum Gasteiger partial charge on any atom is -0.360 e. The van der Waals surface area contributed by atoms with Crippen molar-refractivity contribution < 1.29 is 4.52 Å². The summed E-state index contributed by atoms with van der Waals surface area (Å²) in [4.78, 5) is 2.29. The summed E-state index contributed by atoms with van der Waals surface area (Å²) in [6, 6.07) is 2.52. The lowest BCUT2D eigenvalue weighted by atomic mass is 10.2. The Morgan fingerprint density at radius 1 is 1.39 bits per heavy atom. The van der Waals surface area contributed by atoms with Crippen molar-refractivity contribution in [2.45, 2.75) is 59.2 Å². The highest BCUT2D eigenvalue weighted by atomic mass is 16.5. The second kappa shape index (κ2) is 8.27. The molecular formula is C14H27N3O. The van der Waals surface area contributed by atoms with Crippen molar-refractivity contribution in [3.05, 3.63) is 17.5 Å². The van der Waals surface area contributed by atoms with Crippen LogP contribution < -0.4 is 5.32 Å². The summed E-state index contributed by atoms with van der Waals surface area (Å²) in [5.74, 6) is 0.953. The van der Waals surface area contributed by atoms with Crippen LogP contribution in [0.3, 0.4) is 0 Å². The predicted octanol–water partition coefficient (Wildman–Crippen LogP) is 2.79. The SMILES string of the molecule is CCCCCN(C)Cc1cc(CNC(C)C)no1. The number of unbranched alkanes of at least 4 members (excludes halogenated alkanes) is 2. The van der Waals surface area contributed by atoms with Crippen LogP contribution in [0.5, 0.6) is 0 Å². The summed E-state index contributed by atoms with van der Waals surface area (Å²) < 4.78 is 5.34. The van der Waals surface area contributed by atoms with Crippen molar-refractivity contribution in [2.75, 3.05) is 13.6 Å². The lowest BCUT2D eigenvalue weighted by molar-refractivity contribution is 0.267. The van der Waals surface area contributed by atoms with Crippen LogP contribution in [0.15, 0.2) is 10.6 Å².